The molecule has 0 radical (unpaired) electrons. The Morgan fingerprint density at radius 2 is 1.79 bits per heavy atom. The van der Waals surface area contributed by atoms with Crippen LogP contribution in [0, 0.1) is 17.5 Å². The number of alkyl halides is 1. The van der Waals surface area contributed by atoms with Gasteiger partial charge in [0.05, 0.1) is 24.9 Å². The predicted octanol–water partition coefficient (Wildman–Crippen LogP) is 2.94. The van der Waals surface area contributed by atoms with E-state index in [9.17, 15) is 27.1 Å². The quantitative estimate of drug-likeness (QED) is 0.595. The highest BCUT2D eigenvalue weighted by Crippen LogP contribution is 2.36. The second-order valence-corrected chi connectivity index (χ2v) is 11.1. The number of sulfonamides is 1. The zero-order chi connectivity index (χ0) is 25.6. The molecule has 0 bridgehead atoms. The van der Waals surface area contributed by atoms with E-state index in [1.807, 2.05) is 0 Å². The number of nitrogens with one attached hydrogen (secondary N) is 1. The fourth-order valence-corrected chi connectivity index (χ4v) is 5.12. The summed E-state index contributed by atoms with van der Waals surface area (Å²) in [4.78, 5) is 13.9. The van der Waals surface area contributed by atoms with Crippen molar-refractivity contribution < 1.29 is 35.9 Å². The van der Waals surface area contributed by atoms with Crippen LogP contribution in [0.15, 0.2) is 36.4 Å². The first kappa shape index (κ1) is 26.1. The molecule has 34 heavy (non-hydrogen) atoms. The van der Waals surface area contributed by atoms with E-state index in [-0.39, 0.29) is 23.1 Å². The van der Waals surface area contributed by atoms with Crippen molar-refractivity contribution in [2.75, 3.05) is 12.8 Å². The van der Waals surface area contributed by atoms with Crippen molar-refractivity contribution in [1.29, 1.82) is 0 Å². The molecule has 3 atom stereocenters. The van der Waals surface area contributed by atoms with Gasteiger partial charge in [-0.2, -0.15) is 0 Å². The van der Waals surface area contributed by atoms with Gasteiger partial charge in [0, 0.05) is 11.6 Å². The van der Waals surface area contributed by atoms with Crippen LogP contribution < -0.4 is 4.72 Å². The maximum absolute atomic E-state index is 15.5. The SMILES string of the molecule is CC(C)(O)C(=O)N1CC(C)(F)C(NS(C)(=O)=O)C1Cc1cccc(-c2cc(F)cc(F)c2)c1F. The number of rotatable bonds is 6. The molecule has 0 saturated carbocycles. The maximum Gasteiger partial charge on any atom is 0.254 e. The van der Waals surface area contributed by atoms with E-state index < -0.39 is 63.3 Å². The van der Waals surface area contributed by atoms with Gasteiger partial charge < -0.3 is 10.0 Å². The lowest BCUT2D eigenvalue weighted by Crippen LogP contribution is -2.54. The fourth-order valence-electron chi connectivity index (χ4n) is 4.26. The molecule has 1 amide bonds. The number of carbonyl (C=O) groups excluding carboxylic acids is 1. The van der Waals surface area contributed by atoms with Crippen LogP contribution in [-0.4, -0.2) is 60.5 Å². The zero-order valence-corrected chi connectivity index (χ0v) is 19.9. The molecule has 2 N–H and O–H groups in total. The number of halogens is 4. The molecule has 1 aliphatic rings. The molecule has 0 spiro atoms. The van der Waals surface area contributed by atoms with Crippen LogP contribution in [0.4, 0.5) is 17.6 Å². The molecular weight excluding hydrogens is 476 g/mol. The summed E-state index contributed by atoms with van der Waals surface area (Å²) in [5, 5.41) is 10.2. The first-order valence-corrected chi connectivity index (χ1v) is 12.3. The molecule has 6 nitrogen and oxygen atoms in total. The lowest BCUT2D eigenvalue weighted by atomic mass is 9.92. The molecular formula is C23H26F4N2O4S. The average Bonchev–Trinajstić information content (AvgIpc) is 2.90. The van der Waals surface area contributed by atoms with Crippen molar-refractivity contribution in [2.45, 2.75) is 50.5 Å². The van der Waals surface area contributed by atoms with Crippen LogP contribution in [0.3, 0.4) is 0 Å². The summed E-state index contributed by atoms with van der Waals surface area (Å²) >= 11 is 0. The van der Waals surface area contributed by atoms with Gasteiger partial charge in [0.15, 0.2) is 0 Å². The van der Waals surface area contributed by atoms with Crippen molar-refractivity contribution in [2.24, 2.45) is 0 Å². The van der Waals surface area contributed by atoms with Crippen LogP contribution in [0.5, 0.6) is 0 Å². The van der Waals surface area contributed by atoms with E-state index in [4.69, 9.17) is 0 Å². The first-order chi connectivity index (χ1) is 15.5. The maximum atomic E-state index is 15.5. The summed E-state index contributed by atoms with van der Waals surface area (Å²) < 4.78 is 84.4. The van der Waals surface area contributed by atoms with E-state index >= 15 is 8.78 Å². The van der Waals surface area contributed by atoms with Crippen molar-refractivity contribution in [3.05, 3.63) is 59.4 Å². The second kappa shape index (κ2) is 8.94. The Bertz CT molecular complexity index is 1190. The Labute approximate surface area is 195 Å². The highest BCUT2D eigenvalue weighted by atomic mass is 32.2. The summed E-state index contributed by atoms with van der Waals surface area (Å²) in [7, 11) is -3.93. The van der Waals surface area contributed by atoms with Crippen LogP contribution in [0.1, 0.15) is 26.3 Å². The van der Waals surface area contributed by atoms with E-state index in [1.54, 1.807) is 0 Å². The van der Waals surface area contributed by atoms with Crippen LogP contribution in [0.2, 0.25) is 0 Å². The molecule has 11 heteroatoms. The predicted molar refractivity (Wildman–Crippen MR) is 119 cm³/mol. The molecule has 2 aromatic carbocycles. The van der Waals surface area contributed by atoms with Crippen molar-refractivity contribution in [3.8, 4) is 11.1 Å². The third-order valence-corrected chi connectivity index (χ3v) is 6.40. The number of hydrogen-bond donors (Lipinski definition) is 2. The Balaban J connectivity index is 2.08. The van der Waals surface area contributed by atoms with E-state index in [1.165, 1.54) is 32.0 Å². The van der Waals surface area contributed by atoms with Gasteiger partial charge in [-0.3, -0.25) is 4.79 Å². The number of hydrogen-bond acceptors (Lipinski definition) is 4. The summed E-state index contributed by atoms with van der Waals surface area (Å²) in [6, 6.07) is 4.02. The van der Waals surface area contributed by atoms with Gasteiger partial charge in [-0.05, 0) is 50.5 Å². The number of likely N-dealkylation sites (tertiary alicyclic amines) is 1. The van der Waals surface area contributed by atoms with Crippen molar-refractivity contribution >= 4 is 15.9 Å². The summed E-state index contributed by atoms with van der Waals surface area (Å²) in [5.74, 6) is -3.51. The molecule has 1 aliphatic heterocycles. The molecule has 1 saturated heterocycles. The number of nitrogens with zero attached hydrogens (tertiary/aromatic N) is 1. The van der Waals surface area contributed by atoms with Crippen molar-refractivity contribution in [3.63, 3.8) is 0 Å². The van der Waals surface area contributed by atoms with Crippen LogP contribution >= 0.6 is 0 Å². The van der Waals surface area contributed by atoms with Crippen LogP contribution in [-0.2, 0) is 21.2 Å². The molecule has 3 rings (SSSR count). The minimum absolute atomic E-state index is 0.0290. The molecule has 0 aliphatic carbocycles. The Morgan fingerprint density at radius 3 is 2.32 bits per heavy atom. The number of amides is 1. The minimum Gasteiger partial charge on any atom is -0.381 e. The van der Waals surface area contributed by atoms with E-state index in [0.29, 0.717) is 6.07 Å². The fraction of sp³-hybridized carbons (Fsp3) is 0.435. The molecule has 3 unspecified atom stereocenters. The second-order valence-electron chi connectivity index (χ2n) is 9.35. The third-order valence-electron chi connectivity index (χ3n) is 5.72. The monoisotopic (exact) mass is 502 g/mol. The molecule has 2 aromatic rings. The number of carbonyl (C=O) groups is 1. The summed E-state index contributed by atoms with van der Waals surface area (Å²) in [6.45, 7) is 2.99. The Morgan fingerprint density at radius 1 is 1.21 bits per heavy atom. The number of benzene rings is 2. The smallest absolute Gasteiger partial charge is 0.254 e. The van der Waals surface area contributed by atoms with E-state index in [0.717, 1.165) is 30.2 Å². The highest BCUT2D eigenvalue weighted by Gasteiger charge is 2.54. The van der Waals surface area contributed by atoms with Crippen LogP contribution in [0.25, 0.3) is 11.1 Å². The van der Waals surface area contributed by atoms with Gasteiger partial charge >= 0.3 is 0 Å². The van der Waals surface area contributed by atoms with Gasteiger partial charge in [0.2, 0.25) is 10.0 Å². The zero-order valence-electron chi connectivity index (χ0n) is 19.1. The average molecular weight is 503 g/mol. The van der Waals surface area contributed by atoms with Gasteiger partial charge in [0.25, 0.3) is 5.91 Å². The molecule has 1 heterocycles. The van der Waals surface area contributed by atoms with Gasteiger partial charge in [-0.1, -0.05) is 18.2 Å². The van der Waals surface area contributed by atoms with Gasteiger partial charge in [0.1, 0.15) is 28.7 Å². The Kier molecular flexibility index (Phi) is 6.86. The first-order valence-electron chi connectivity index (χ1n) is 10.4. The summed E-state index contributed by atoms with van der Waals surface area (Å²) in [6.07, 6.45) is 0.506. The Hall–Kier alpha value is -2.50. The molecule has 0 aromatic heterocycles. The standard InChI is InChI=1S/C23H26F4N2O4S/c1-22(2,31)21(30)29-12-23(3,27)20(28-34(4,32)33)18(29)10-13-6-5-7-17(19(13)26)14-8-15(24)11-16(25)9-14/h5-9,11,18,20,28,31H,10,12H2,1-4H3. The largest absolute Gasteiger partial charge is 0.381 e. The minimum atomic E-state index is -3.93. The molecule has 186 valence electrons. The summed E-state index contributed by atoms with van der Waals surface area (Å²) in [5.41, 5.74) is -4.33. The van der Waals surface area contributed by atoms with Crippen molar-refractivity contribution in [1.82, 2.24) is 9.62 Å². The third kappa shape index (κ3) is 5.59. The van der Waals surface area contributed by atoms with Gasteiger partial charge in [-0.15, -0.1) is 0 Å². The number of aliphatic hydroxyl groups is 1. The molecule has 1 fully saturated rings. The van der Waals surface area contributed by atoms with Gasteiger partial charge in [-0.25, -0.2) is 30.7 Å². The highest BCUT2D eigenvalue weighted by molar-refractivity contribution is 7.88. The topological polar surface area (TPSA) is 86.7 Å². The normalized spacial score (nSPS) is 23.4. The lowest BCUT2D eigenvalue weighted by Gasteiger charge is -2.32. The lowest BCUT2D eigenvalue weighted by molar-refractivity contribution is -0.149. The van der Waals surface area contributed by atoms with E-state index in [2.05, 4.69) is 4.72 Å².